The van der Waals surface area contributed by atoms with Crippen molar-refractivity contribution in [3.63, 3.8) is 0 Å². The summed E-state index contributed by atoms with van der Waals surface area (Å²) in [7, 11) is 0. The summed E-state index contributed by atoms with van der Waals surface area (Å²) in [5.74, 6) is 0. The molecule has 0 atom stereocenters. The van der Waals surface area contributed by atoms with Crippen LogP contribution in [0.3, 0.4) is 0 Å². The third-order valence-corrected chi connectivity index (χ3v) is 2.07. The molecule has 4 nitrogen and oxygen atoms in total. The van der Waals surface area contributed by atoms with E-state index in [1.54, 1.807) is 0 Å². The fraction of sp³-hybridized carbons (Fsp3) is 0.100. The molecule has 0 aliphatic rings. The molecule has 1 heterocycles. The zero-order chi connectivity index (χ0) is 11.9. The first-order chi connectivity index (χ1) is 7.38. The van der Waals surface area contributed by atoms with Crippen LogP contribution in [0.5, 0.6) is 0 Å². The maximum atomic E-state index is 12.6. The molecule has 0 radical (unpaired) electrons. The number of nitrogen functional groups attached to an aromatic ring is 1. The van der Waals surface area contributed by atoms with Crippen LogP contribution < -0.4 is 11.4 Å². The molecule has 92 valence electrons. The van der Waals surface area contributed by atoms with Gasteiger partial charge in [0.05, 0.1) is 5.56 Å². The van der Waals surface area contributed by atoms with Crippen molar-refractivity contribution in [1.82, 2.24) is 0 Å². The summed E-state index contributed by atoms with van der Waals surface area (Å²) in [5, 5.41) is -0.179. The lowest BCUT2D eigenvalue weighted by molar-refractivity contribution is -0.136. The standard InChI is InChI=1S/C10H6F3NO2.H2O/c11-10(12,13)7-4-9(15)16-8-3-5(14)1-2-6(7)8;/h1-4H,14H2;1H2. The van der Waals surface area contributed by atoms with Crippen LogP contribution in [0.2, 0.25) is 0 Å². The lowest BCUT2D eigenvalue weighted by atomic mass is 10.1. The summed E-state index contributed by atoms with van der Waals surface area (Å²) in [6.45, 7) is 0. The zero-order valence-corrected chi connectivity index (χ0v) is 8.34. The number of halogens is 3. The predicted molar refractivity (Wildman–Crippen MR) is 55.5 cm³/mol. The van der Waals surface area contributed by atoms with Crippen molar-refractivity contribution in [2.45, 2.75) is 6.18 Å². The van der Waals surface area contributed by atoms with Gasteiger partial charge in [0.15, 0.2) is 0 Å². The molecule has 0 saturated carbocycles. The van der Waals surface area contributed by atoms with Gasteiger partial charge in [-0.3, -0.25) is 0 Å². The van der Waals surface area contributed by atoms with Crippen molar-refractivity contribution >= 4 is 16.7 Å². The van der Waals surface area contributed by atoms with E-state index in [9.17, 15) is 18.0 Å². The molecule has 0 unspecified atom stereocenters. The maximum absolute atomic E-state index is 12.6. The molecule has 2 rings (SSSR count). The van der Waals surface area contributed by atoms with Gasteiger partial charge in [0.25, 0.3) is 0 Å². The van der Waals surface area contributed by atoms with Crippen LogP contribution in [-0.2, 0) is 6.18 Å². The summed E-state index contributed by atoms with van der Waals surface area (Å²) in [4.78, 5) is 11.0. The molecular formula is C10H8F3NO3. The van der Waals surface area contributed by atoms with E-state index in [0.29, 0.717) is 6.07 Å². The molecule has 0 aliphatic carbocycles. The Morgan fingerprint density at radius 1 is 1.18 bits per heavy atom. The van der Waals surface area contributed by atoms with Crippen LogP contribution in [0.25, 0.3) is 11.0 Å². The first kappa shape index (κ1) is 13.0. The number of hydrogen-bond acceptors (Lipinski definition) is 3. The number of benzene rings is 1. The Bertz CT molecular complexity index is 604. The van der Waals surface area contributed by atoms with Gasteiger partial charge in [-0.2, -0.15) is 13.2 Å². The molecule has 4 N–H and O–H groups in total. The lowest BCUT2D eigenvalue weighted by Gasteiger charge is -2.08. The van der Waals surface area contributed by atoms with Crippen LogP contribution in [0.15, 0.2) is 33.5 Å². The Morgan fingerprint density at radius 2 is 1.82 bits per heavy atom. The molecule has 0 fully saturated rings. The minimum Gasteiger partial charge on any atom is -0.423 e. The smallest absolute Gasteiger partial charge is 0.417 e. The van der Waals surface area contributed by atoms with E-state index in [1.807, 2.05) is 0 Å². The second-order valence-corrected chi connectivity index (χ2v) is 3.23. The summed E-state index contributed by atoms with van der Waals surface area (Å²) < 4.78 is 42.4. The Morgan fingerprint density at radius 3 is 2.41 bits per heavy atom. The first-order valence-corrected chi connectivity index (χ1v) is 4.28. The second kappa shape index (κ2) is 4.10. The number of fused-ring (bicyclic) bond motifs is 1. The van der Waals surface area contributed by atoms with Crippen molar-refractivity contribution < 1.29 is 23.1 Å². The number of alkyl halides is 3. The fourth-order valence-corrected chi connectivity index (χ4v) is 1.41. The highest BCUT2D eigenvalue weighted by Gasteiger charge is 2.33. The average Bonchev–Trinajstić information content (AvgIpc) is 2.14. The predicted octanol–water partition coefficient (Wildman–Crippen LogP) is 1.57. The van der Waals surface area contributed by atoms with Crippen LogP contribution >= 0.6 is 0 Å². The molecular weight excluding hydrogens is 239 g/mol. The number of hydrogen-bond donors (Lipinski definition) is 1. The van der Waals surface area contributed by atoms with E-state index < -0.39 is 17.4 Å². The van der Waals surface area contributed by atoms with Gasteiger partial charge in [-0.15, -0.1) is 0 Å². The van der Waals surface area contributed by atoms with Crippen molar-refractivity contribution in [2.24, 2.45) is 0 Å². The van der Waals surface area contributed by atoms with Crippen molar-refractivity contribution in [3.8, 4) is 0 Å². The number of nitrogens with two attached hydrogens (primary N) is 1. The molecule has 1 aromatic heterocycles. The third kappa shape index (κ3) is 2.39. The van der Waals surface area contributed by atoms with Crippen molar-refractivity contribution in [2.75, 3.05) is 5.73 Å². The lowest BCUT2D eigenvalue weighted by Crippen LogP contribution is -2.11. The molecule has 0 bridgehead atoms. The van der Waals surface area contributed by atoms with Gasteiger partial charge in [-0.25, -0.2) is 4.79 Å². The largest absolute Gasteiger partial charge is 0.423 e. The maximum Gasteiger partial charge on any atom is 0.417 e. The molecule has 0 spiro atoms. The minimum atomic E-state index is -4.59. The van der Waals surface area contributed by atoms with Gasteiger partial charge in [0, 0.05) is 23.2 Å². The monoisotopic (exact) mass is 247 g/mol. The summed E-state index contributed by atoms with van der Waals surface area (Å²) in [6, 6.07) is 4.11. The quantitative estimate of drug-likeness (QED) is 0.566. The molecule has 0 saturated heterocycles. The van der Waals surface area contributed by atoms with Crippen molar-refractivity contribution in [3.05, 3.63) is 40.2 Å². The van der Waals surface area contributed by atoms with Crippen LogP contribution in [0.4, 0.5) is 18.9 Å². The van der Waals surface area contributed by atoms with Crippen LogP contribution in [0, 0.1) is 0 Å². The number of anilines is 1. The Balaban J connectivity index is 0.00000144. The highest BCUT2D eigenvalue weighted by molar-refractivity contribution is 5.83. The molecule has 17 heavy (non-hydrogen) atoms. The highest BCUT2D eigenvalue weighted by Crippen LogP contribution is 2.34. The van der Waals surface area contributed by atoms with E-state index >= 15 is 0 Å². The van der Waals surface area contributed by atoms with E-state index in [1.165, 1.54) is 18.2 Å². The van der Waals surface area contributed by atoms with Crippen LogP contribution in [-0.4, -0.2) is 5.48 Å². The summed E-state index contributed by atoms with van der Waals surface area (Å²) in [5.41, 5.74) is 3.39. The normalized spacial score (nSPS) is 11.2. The summed E-state index contributed by atoms with van der Waals surface area (Å²) >= 11 is 0. The van der Waals surface area contributed by atoms with Gasteiger partial charge in [-0.05, 0) is 12.1 Å². The van der Waals surface area contributed by atoms with E-state index in [4.69, 9.17) is 5.73 Å². The SMILES string of the molecule is Nc1ccc2c(C(F)(F)F)cc(=O)oc2c1.O. The van der Waals surface area contributed by atoms with Gasteiger partial charge in [-0.1, -0.05) is 0 Å². The van der Waals surface area contributed by atoms with Gasteiger partial charge < -0.3 is 15.6 Å². The van der Waals surface area contributed by atoms with Crippen molar-refractivity contribution in [1.29, 1.82) is 0 Å². The molecule has 0 aliphatic heterocycles. The molecule has 7 heteroatoms. The molecule has 2 aromatic rings. The first-order valence-electron chi connectivity index (χ1n) is 4.28. The Hall–Kier alpha value is -2.02. The Labute approximate surface area is 92.8 Å². The third-order valence-electron chi connectivity index (χ3n) is 2.07. The van der Waals surface area contributed by atoms with Gasteiger partial charge in [0.1, 0.15) is 5.58 Å². The fourth-order valence-electron chi connectivity index (χ4n) is 1.41. The van der Waals surface area contributed by atoms with Gasteiger partial charge >= 0.3 is 11.8 Å². The van der Waals surface area contributed by atoms with Crippen LogP contribution in [0.1, 0.15) is 5.56 Å². The zero-order valence-electron chi connectivity index (χ0n) is 8.34. The van der Waals surface area contributed by atoms with E-state index in [-0.39, 0.29) is 22.1 Å². The van der Waals surface area contributed by atoms with Gasteiger partial charge in [0.2, 0.25) is 0 Å². The average molecular weight is 247 g/mol. The molecule has 1 aromatic carbocycles. The van der Waals surface area contributed by atoms with E-state index in [2.05, 4.69) is 4.42 Å². The Kier molecular flexibility index (Phi) is 3.14. The topological polar surface area (TPSA) is 87.7 Å². The minimum absolute atomic E-state index is 0. The summed E-state index contributed by atoms with van der Waals surface area (Å²) in [6.07, 6.45) is -4.59. The van der Waals surface area contributed by atoms with E-state index in [0.717, 1.165) is 0 Å². The highest BCUT2D eigenvalue weighted by atomic mass is 19.4. The number of rotatable bonds is 0. The second-order valence-electron chi connectivity index (χ2n) is 3.23. The molecule has 0 amide bonds.